The fourth-order valence-electron chi connectivity index (χ4n) is 1.98. The van der Waals surface area contributed by atoms with Gasteiger partial charge >= 0.3 is 0 Å². The van der Waals surface area contributed by atoms with E-state index in [0.717, 1.165) is 0 Å². The average molecular weight is 280 g/mol. The number of rotatable bonds is 10. The highest BCUT2D eigenvalue weighted by molar-refractivity contribution is 7.91. The average Bonchev–Trinajstić information content (AvgIpc) is 2.32. The van der Waals surface area contributed by atoms with Crippen molar-refractivity contribution in [3.05, 3.63) is 0 Å². The van der Waals surface area contributed by atoms with E-state index in [9.17, 15) is 8.42 Å². The SMILES string of the molecule is CCOC(C(C)C)C(CCCS(=O)(=O)CC)NN. The quantitative estimate of drug-likeness (QED) is 0.462. The van der Waals surface area contributed by atoms with Crippen molar-refractivity contribution in [3.8, 4) is 0 Å². The van der Waals surface area contributed by atoms with Crippen LogP contribution in [0.3, 0.4) is 0 Å². The number of hydrazine groups is 1. The molecule has 0 aromatic heterocycles. The Balaban J connectivity index is 4.32. The summed E-state index contributed by atoms with van der Waals surface area (Å²) in [6.07, 6.45) is 1.34. The smallest absolute Gasteiger partial charge is 0.150 e. The van der Waals surface area contributed by atoms with Crippen molar-refractivity contribution >= 4 is 9.84 Å². The number of ether oxygens (including phenoxy) is 1. The van der Waals surface area contributed by atoms with Gasteiger partial charge in [0.2, 0.25) is 0 Å². The van der Waals surface area contributed by atoms with E-state index >= 15 is 0 Å². The first kappa shape index (κ1) is 17.8. The van der Waals surface area contributed by atoms with Crippen LogP contribution >= 0.6 is 0 Å². The molecule has 0 saturated carbocycles. The molecular formula is C12H28N2O3S. The molecule has 0 aliphatic heterocycles. The summed E-state index contributed by atoms with van der Waals surface area (Å²) in [6.45, 7) is 8.41. The molecule has 0 bridgehead atoms. The van der Waals surface area contributed by atoms with E-state index in [-0.39, 0.29) is 23.7 Å². The number of sulfone groups is 1. The van der Waals surface area contributed by atoms with Crippen molar-refractivity contribution in [2.24, 2.45) is 11.8 Å². The predicted molar refractivity (Wildman–Crippen MR) is 74.9 cm³/mol. The van der Waals surface area contributed by atoms with Crippen LogP contribution < -0.4 is 11.3 Å². The van der Waals surface area contributed by atoms with E-state index in [0.29, 0.717) is 25.4 Å². The Morgan fingerprint density at radius 2 is 1.89 bits per heavy atom. The summed E-state index contributed by atoms with van der Waals surface area (Å²) in [5.74, 6) is 6.31. The van der Waals surface area contributed by atoms with Gasteiger partial charge in [-0.3, -0.25) is 11.3 Å². The maximum atomic E-state index is 11.4. The summed E-state index contributed by atoms with van der Waals surface area (Å²) < 4.78 is 28.5. The van der Waals surface area contributed by atoms with Crippen LogP contribution in [0.5, 0.6) is 0 Å². The fraction of sp³-hybridized carbons (Fsp3) is 1.00. The molecule has 0 heterocycles. The van der Waals surface area contributed by atoms with Crippen molar-refractivity contribution in [1.82, 2.24) is 5.43 Å². The summed E-state index contributed by atoms with van der Waals surface area (Å²) in [5.41, 5.74) is 2.75. The highest BCUT2D eigenvalue weighted by Crippen LogP contribution is 2.15. The largest absolute Gasteiger partial charge is 0.377 e. The molecule has 0 saturated heterocycles. The van der Waals surface area contributed by atoms with Gasteiger partial charge in [-0.05, 0) is 25.7 Å². The zero-order valence-corrected chi connectivity index (χ0v) is 12.8. The van der Waals surface area contributed by atoms with Crippen molar-refractivity contribution in [1.29, 1.82) is 0 Å². The van der Waals surface area contributed by atoms with Crippen LogP contribution in [0.1, 0.15) is 40.5 Å². The topological polar surface area (TPSA) is 81.4 Å². The lowest BCUT2D eigenvalue weighted by molar-refractivity contribution is 0.00133. The standard InChI is InChI=1S/C12H28N2O3S/c1-5-17-12(10(3)4)11(14-13)8-7-9-18(15,16)6-2/h10-12,14H,5-9,13H2,1-4H3. The summed E-state index contributed by atoms with van der Waals surface area (Å²) in [4.78, 5) is 0. The number of nitrogens with two attached hydrogens (primary N) is 1. The van der Waals surface area contributed by atoms with Gasteiger partial charge in [0.15, 0.2) is 0 Å². The monoisotopic (exact) mass is 280 g/mol. The highest BCUT2D eigenvalue weighted by Gasteiger charge is 2.24. The lowest BCUT2D eigenvalue weighted by Gasteiger charge is -2.29. The molecule has 2 unspecified atom stereocenters. The van der Waals surface area contributed by atoms with E-state index in [1.54, 1.807) is 6.92 Å². The van der Waals surface area contributed by atoms with Gasteiger partial charge in [0.25, 0.3) is 0 Å². The van der Waals surface area contributed by atoms with Crippen molar-refractivity contribution in [2.75, 3.05) is 18.1 Å². The molecule has 0 aliphatic carbocycles. The van der Waals surface area contributed by atoms with Crippen LogP contribution in [0.25, 0.3) is 0 Å². The summed E-state index contributed by atoms with van der Waals surface area (Å²) in [7, 11) is -2.89. The van der Waals surface area contributed by atoms with Crippen LogP contribution in [0.2, 0.25) is 0 Å². The summed E-state index contributed by atoms with van der Waals surface area (Å²) in [6, 6.07) is -0.00277. The van der Waals surface area contributed by atoms with E-state index in [4.69, 9.17) is 10.6 Å². The lowest BCUT2D eigenvalue weighted by Crippen LogP contribution is -2.47. The molecule has 2 atom stereocenters. The third kappa shape index (κ3) is 6.68. The molecule has 18 heavy (non-hydrogen) atoms. The summed E-state index contributed by atoms with van der Waals surface area (Å²) >= 11 is 0. The number of hydrogen-bond donors (Lipinski definition) is 2. The Hall–Kier alpha value is -0.170. The van der Waals surface area contributed by atoms with E-state index < -0.39 is 9.84 Å². The minimum Gasteiger partial charge on any atom is -0.377 e. The van der Waals surface area contributed by atoms with Gasteiger partial charge in [-0.2, -0.15) is 0 Å². The first-order chi connectivity index (χ1) is 8.37. The third-order valence-corrected chi connectivity index (χ3v) is 4.83. The molecule has 110 valence electrons. The van der Waals surface area contributed by atoms with Crippen molar-refractivity contribution < 1.29 is 13.2 Å². The Bertz CT molecular complexity index is 304. The Labute approximate surface area is 111 Å². The Morgan fingerprint density at radius 3 is 2.28 bits per heavy atom. The lowest BCUT2D eigenvalue weighted by atomic mass is 9.96. The highest BCUT2D eigenvalue weighted by atomic mass is 32.2. The van der Waals surface area contributed by atoms with Gasteiger partial charge < -0.3 is 4.74 Å². The first-order valence-corrected chi connectivity index (χ1v) is 8.48. The van der Waals surface area contributed by atoms with Crippen molar-refractivity contribution in [3.63, 3.8) is 0 Å². The Kier molecular flexibility index (Phi) is 8.77. The third-order valence-electron chi connectivity index (χ3n) is 3.04. The zero-order chi connectivity index (χ0) is 14.2. The van der Waals surface area contributed by atoms with Gasteiger partial charge in [-0.25, -0.2) is 8.42 Å². The molecule has 6 heteroatoms. The van der Waals surface area contributed by atoms with E-state index in [1.807, 2.05) is 6.92 Å². The summed E-state index contributed by atoms with van der Waals surface area (Å²) in [5, 5.41) is 0. The molecule has 5 nitrogen and oxygen atoms in total. The Morgan fingerprint density at radius 1 is 1.28 bits per heavy atom. The molecule has 0 aromatic rings. The maximum absolute atomic E-state index is 11.4. The second-order valence-corrected chi connectivity index (χ2v) is 7.29. The van der Waals surface area contributed by atoms with Gasteiger partial charge in [0.1, 0.15) is 9.84 Å². The minimum absolute atomic E-state index is 0.00277. The van der Waals surface area contributed by atoms with E-state index in [1.165, 1.54) is 0 Å². The van der Waals surface area contributed by atoms with Gasteiger partial charge in [-0.15, -0.1) is 0 Å². The minimum atomic E-state index is -2.89. The van der Waals surface area contributed by atoms with Gasteiger partial charge in [0.05, 0.1) is 11.9 Å². The molecule has 0 aromatic carbocycles. The van der Waals surface area contributed by atoms with Crippen molar-refractivity contribution in [2.45, 2.75) is 52.7 Å². The normalized spacial score (nSPS) is 15.9. The van der Waals surface area contributed by atoms with E-state index in [2.05, 4.69) is 19.3 Å². The molecule has 0 aliphatic rings. The van der Waals surface area contributed by atoms with Gasteiger partial charge in [-0.1, -0.05) is 20.8 Å². The van der Waals surface area contributed by atoms with Crippen LogP contribution in [0.4, 0.5) is 0 Å². The molecule has 0 fully saturated rings. The van der Waals surface area contributed by atoms with Crippen LogP contribution in [-0.2, 0) is 14.6 Å². The van der Waals surface area contributed by atoms with Crippen LogP contribution in [0, 0.1) is 5.92 Å². The zero-order valence-electron chi connectivity index (χ0n) is 12.0. The predicted octanol–water partition coefficient (Wildman–Crippen LogP) is 1.09. The second-order valence-electron chi connectivity index (χ2n) is 4.82. The second kappa shape index (κ2) is 8.85. The number of hydrogen-bond acceptors (Lipinski definition) is 5. The van der Waals surface area contributed by atoms with Crippen LogP contribution in [0.15, 0.2) is 0 Å². The molecule has 3 N–H and O–H groups in total. The molecule has 0 radical (unpaired) electrons. The molecule has 0 spiro atoms. The molecular weight excluding hydrogens is 252 g/mol. The van der Waals surface area contributed by atoms with Gasteiger partial charge in [0, 0.05) is 18.4 Å². The fourth-order valence-corrected chi connectivity index (χ4v) is 2.87. The van der Waals surface area contributed by atoms with Crippen LogP contribution in [-0.4, -0.2) is 38.7 Å². The molecule has 0 amide bonds. The maximum Gasteiger partial charge on any atom is 0.150 e. The molecule has 0 rings (SSSR count). The first-order valence-electron chi connectivity index (χ1n) is 6.66. The number of nitrogens with one attached hydrogen (secondary N) is 1.